The summed E-state index contributed by atoms with van der Waals surface area (Å²) >= 11 is 0. The fourth-order valence-electron chi connectivity index (χ4n) is 1.75. The van der Waals surface area contributed by atoms with Crippen molar-refractivity contribution in [3.63, 3.8) is 0 Å². The summed E-state index contributed by atoms with van der Waals surface area (Å²) in [5.41, 5.74) is 0.930. The predicted octanol–water partition coefficient (Wildman–Crippen LogP) is 1.89. The van der Waals surface area contributed by atoms with Crippen molar-refractivity contribution in [2.45, 2.75) is 19.9 Å². The Morgan fingerprint density at radius 3 is 3.11 bits per heavy atom. The van der Waals surface area contributed by atoms with Crippen LogP contribution in [0.15, 0.2) is 35.3 Å². The van der Waals surface area contributed by atoms with Crippen LogP contribution < -0.4 is 5.32 Å². The number of fused-ring (bicyclic) bond motifs is 1. The molecule has 3 rings (SSSR count). The van der Waals surface area contributed by atoms with Gasteiger partial charge in [0, 0.05) is 18.8 Å². The summed E-state index contributed by atoms with van der Waals surface area (Å²) in [6.07, 6.45) is 7.85. The zero-order chi connectivity index (χ0) is 12.4. The Hall–Kier alpha value is -2.37. The van der Waals surface area contributed by atoms with Gasteiger partial charge in [-0.1, -0.05) is 6.92 Å². The maximum atomic E-state index is 5.52. The summed E-state index contributed by atoms with van der Waals surface area (Å²) in [6.45, 7) is 2.55. The van der Waals surface area contributed by atoms with Crippen LogP contribution in [0.2, 0.25) is 0 Å². The second kappa shape index (κ2) is 4.48. The van der Waals surface area contributed by atoms with Crippen LogP contribution in [-0.4, -0.2) is 19.6 Å². The largest absolute Gasteiger partial charge is 0.444 e. The fraction of sp³-hybridized carbons (Fsp3) is 0.250. The van der Waals surface area contributed by atoms with Gasteiger partial charge in [-0.15, -0.1) is 0 Å². The zero-order valence-corrected chi connectivity index (χ0v) is 10.00. The van der Waals surface area contributed by atoms with Crippen LogP contribution in [0, 0.1) is 0 Å². The molecular formula is C12H13N5O. The first-order valence-electron chi connectivity index (χ1n) is 5.82. The van der Waals surface area contributed by atoms with Crippen molar-refractivity contribution in [2.24, 2.45) is 0 Å². The fourth-order valence-corrected chi connectivity index (χ4v) is 1.75. The first kappa shape index (κ1) is 10.8. The van der Waals surface area contributed by atoms with Gasteiger partial charge < -0.3 is 9.73 Å². The van der Waals surface area contributed by atoms with Crippen molar-refractivity contribution in [2.75, 3.05) is 5.32 Å². The monoisotopic (exact) mass is 243 g/mol. The smallest absolute Gasteiger partial charge is 0.213 e. The Kier molecular flexibility index (Phi) is 2.68. The summed E-state index contributed by atoms with van der Waals surface area (Å²) in [5.74, 6) is 2.32. The highest BCUT2D eigenvalue weighted by molar-refractivity contribution is 5.66. The topological polar surface area (TPSA) is 68.2 Å². The number of hydrogen-bond donors (Lipinski definition) is 1. The van der Waals surface area contributed by atoms with Crippen LogP contribution >= 0.6 is 0 Å². The van der Waals surface area contributed by atoms with Crippen molar-refractivity contribution >= 4 is 11.3 Å². The van der Waals surface area contributed by atoms with E-state index in [2.05, 4.69) is 20.4 Å². The Morgan fingerprint density at radius 2 is 2.28 bits per heavy atom. The molecule has 0 aliphatic rings. The maximum absolute atomic E-state index is 5.52. The van der Waals surface area contributed by atoms with Gasteiger partial charge in [-0.25, -0.2) is 14.5 Å². The third-order valence-corrected chi connectivity index (χ3v) is 2.68. The van der Waals surface area contributed by atoms with Crippen molar-refractivity contribution < 1.29 is 4.42 Å². The molecule has 92 valence electrons. The lowest BCUT2D eigenvalue weighted by Gasteiger charge is -2.04. The summed E-state index contributed by atoms with van der Waals surface area (Å²) < 4.78 is 7.29. The van der Waals surface area contributed by atoms with Gasteiger partial charge in [0.2, 0.25) is 5.89 Å². The molecule has 1 N–H and O–H groups in total. The van der Waals surface area contributed by atoms with Crippen molar-refractivity contribution in [1.29, 1.82) is 0 Å². The molecule has 0 aliphatic carbocycles. The third kappa shape index (κ3) is 1.92. The molecule has 0 aliphatic heterocycles. The van der Waals surface area contributed by atoms with Crippen LogP contribution in [0.3, 0.4) is 0 Å². The number of oxazole rings is 1. The van der Waals surface area contributed by atoms with E-state index in [1.54, 1.807) is 29.3 Å². The minimum absolute atomic E-state index is 0.512. The van der Waals surface area contributed by atoms with Gasteiger partial charge in [-0.3, -0.25) is 0 Å². The quantitative estimate of drug-likeness (QED) is 0.757. The van der Waals surface area contributed by atoms with Crippen molar-refractivity contribution in [1.82, 2.24) is 19.6 Å². The lowest BCUT2D eigenvalue weighted by atomic mass is 10.4. The number of hydrogen-bond acceptors (Lipinski definition) is 5. The van der Waals surface area contributed by atoms with Crippen LogP contribution in [0.4, 0.5) is 5.82 Å². The maximum Gasteiger partial charge on any atom is 0.213 e. The Bertz CT molecular complexity index is 657. The van der Waals surface area contributed by atoms with E-state index in [0.29, 0.717) is 12.4 Å². The van der Waals surface area contributed by atoms with Crippen LogP contribution in [0.5, 0.6) is 0 Å². The first-order chi connectivity index (χ1) is 8.86. The third-order valence-electron chi connectivity index (χ3n) is 2.68. The van der Waals surface area contributed by atoms with Gasteiger partial charge in [-0.2, -0.15) is 5.10 Å². The molecule has 3 aromatic rings. The number of aromatic nitrogens is 4. The van der Waals surface area contributed by atoms with Crippen LogP contribution in [0.25, 0.3) is 5.52 Å². The Labute approximate surface area is 104 Å². The van der Waals surface area contributed by atoms with E-state index in [1.807, 2.05) is 13.0 Å². The average molecular weight is 243 g/mol. The summed E-state index contributed by atoms with van der Waals surface area (Å²) in [7, 11) is 0. The molecule has 0 spiro atoms. The molecule has 3 heterocycles. The summed E-state index contributed by atoms with van der Waals surface area (Å²) in [4.78, 5) is 8.47. The van der Waals surface area contributed by atoms with Gasteiger partial charge in [0.15, 0.2) is 5.82 Å². The standard InChI is InChI=1S/C12H13N5O/c1-2-9-7-14-11(18-9)8-15-12-10-3-4-16-17(10)6-5-13-12/h3-7H,2,8H2,1H3,(H,13,15). The Morgan fingerprint density at radius 1 is 1.33 bits per heavy atom. The van der Waals surface area contributed by atoms with Gasteiger partial charge >= 0.3 is 0 Å². The van der Waals surface area contributed by atoms with E-state index in [0.717, 1.165) is 23.5 Å². The van der Waals surface area contributed by atoms with E-state index < -0.39 is 0 Å². The number of aryl methyl sites for hydroxylation is 1. The molecule has 0 saturated heterocycles. The van der Waals surface area contributed by atoms with E-state index in [1.165, 1.54) is 0 Å². The molecule has 3 aromatic heterocycles. The second-order valence-electron chi connectivity index (χ2n) is 3.86. The minimum Gasteiger partial charge on any atom is -0.444 e. The average Bonchev–Trinajstić information content (AvgIpc) is 3.05. The summed E-state index contributed by atoms with van der Waals surface area (Å²) in [5, 5.41) is 7.35. The van der Waals surface area contributed by atoms with Crippen LogP contribution in [0.1, 0.15) is 18.6 Å². The van der Waals surface area contributed by atoms with E-state index in [4.69, 9.17) is 4.42 Å². The lowest BCUT2D eigenvalue weighted by molar-refractivity contribution is 0.465. The number of nitrogens with one attached hydrogen (secondary N) is 1. The molecule has 6 heteroatoms. The Balaban J connectivity index is 1.78. The number of nitrogens with zero attached hydrogens (tertiary/aromatic N) is 4. The molecular weight excluding hydrogens is 230 g/mol. The van der Waals surface area contributed by atoms with E-state index >= 15 is 0 Å². The highest BCUT2D eigenvalue weighted by Crippen LogP contribution is 2.13. The van der Waals surface area contributed by atoms with Crippen LogP contribution in [-0.2, 0) is 13.0 Å². The zero-order valence-electron chi connectivity index (χ0n) is 10.00. The van der Waals surface area contributed by atoms with E-state index in [-0.39, 0.29) is 0 Å². The van der Waals surface area contributed by atoms with E-state index in [9.17, 15) is 0 Å². The normalized spacial score (nSPS) is 10.9. The number of rotatable bonds is 4. The molecule has 0 unspecified atom stereocenters. The molecule has 0 aromatic carbocycles. The SMILES string of the molecule is CCc1cnc(CNc2nccn3nccc23)o1. The molecule has 18 heavy (non-hydrogen) atoms. The van der Waals surface area contributed by atoms with Gasteiger partial charge in [0.05, 0.1) is 18.9 Å². The molecule has 0 saturated carbocycles. The molecule has 0 bridgehead atoms. The lowest BCUT2D eigenvalue weighted by Crippen LogP contribution is -2.03. The molecule has 0 fully saturated rings. The minimum atomic E-state index is 0.512. The van der Waals surface area contributed by atoms with Crippen molar-refractivity contribution in [3.05, 3.63) is 42.5 Å². The van der Waals surface area contributed by atoms with Gasteiger partial charge in [0.25, 0.3) is 0 Å². The number of anilines is 1. The second-order valence-corrected chi connectivity index (χ2v) is 3.86. The molecule has 6 nitrogen and oxygen atoms in total. The molecule has 0 atom stereocenters. The molecule has 0 radical (unpaired) electrons. The summed E-state index contributed by atoms with van der Waals surface area (Å²) in [6, 6.07) is 1.91. The highest BCUT2D eigenvalue weighted by atomic mass is 16.4. The van der Waals surface area contributed by atoms with Gasteiger partial charge in [0.1, 0.15) is 11.3 Å². The predicted molar refractivity (Wildman–Crippen MR) is 66.2 cm³/mol. The molecule has 0 amide bonds. The first-order valence-corrected chi connectivity index (χ1v) is 5.82. The van der Waals surface area contributed by atoms with Gasteiger partial charge in [-0.05, 0) is 6.07 Å². The van der Waals surface area contributed by atoms with Crippen molar-refractivity contribution in [3.8, 4) is 0 Å². The highest BCUT2D eigenvalue weighted by Gasteiger charge is 2.05.